The largest absolute Gasteiger partial charge is 0.388 e. The van der Waals surface area contributed by atoms with E-state index in [1.807, 2.05) is 0 Å². The summed E-state index contributed by atoms with van der Waals surface area (Å²) in [6, 6.07) is 0. The van der Waals surface area contributed by atoms with Crippen LogP contribution < -0.4 is 0 Å². The molecule has 1 N–H and O–H groups in total. The van der Waals surface area contributed by atoms with Gasteiger partial charge in [-0.3, -0.25) is 0 Å². The maximum atomic E-state index is 9.27. The summed E-state index contributed by atoms with van der Waals surface area (Å²) in [7, 11) is 0. The molecule has 3 nitrogen and oxygen atoms in total. The van der Waals surface area contributed by atoms with E-state index in [9.17, 15) is 5.11 Å². The SMILES string of the molecule is C[C@@H]1COC2C1OC[C@H]2O. The topological polar surface area (TPSA) is 38.7 Å². The Morgan fingerprint density at radius 1 is 1.20 bits per heavy atom. The Bertz CT molecular complexity index is 121. The molecule has 2 heterocycles. The molecule has 2 aliphatic rings. The van der Waals surface area contributed by atoms with E-state index in [2.05, 4.69) is 6.92 Å². The van der Waals surface area contributed by atoms with Crippen LogP contribution in [0.4, 0.5) is 0 Å². The highest BCUT2D eigenvalue weighted by atomic mass is 16.6. The Morgan fingerprint density at radius 3 is 2.60 bits per heavy atom. The first-order valence-corrected chi connectivity index (χ1v) is 3.70. The predicted octanol–water partition coefficient (Wildman–Crippen LogP) is -0.219. The summed E-state index contributed by atoms with van der Waals surface area (Å²) in [6.07, 6.45) is -0.292. The Morgan fingerprint density at radius 2 is 1.90 bits per heavy atom. The second-order valence-corrected chi connectivity index (χ2v) is 3.14. The summed E-state index contributed by atoms with van der Waals surface area (Å²) in [5, 5.41) is 9.27. The van der Waals surface area contributed by atoms with Crippen LogP contribution in [0.15, 0.2) is 0 Å². The molecule has 10 heavy (non-hydrogen) atoms. The van der Waals surface area contributed by atoms with Gasteiger partial charge in [0, 0.05) is 5.92 Å². The fourth-order valence-corrected chi connectivity index (χ4v) is 1.67. The summed E-state index contributed by atoms with van der Waals surface area (Å²) in [5.74, 6) is 0.446. The number of hydrogen-bond donors (Lipinski definition) is 1. The van der Waals surface area contributed by atoms with E-state index in [4.69, 9.17) is 9.47 Å². The minimum absolute atomic E-state index is 0.0463. The second-order valence-electron chi connectivity index (χ2n) is 3.14. The van der Waals surface area contributed by atoms with Crippen LogP contribution in [0.5, 0.6) is 0 Å². The van der Waals surface area contributed by atoms with Gasteiger partial charge in [0.15, 0.2) is 0 Å². The van der Waals surface area contributed by atoms with Crippen molar-refractivity contribution in [3.63, 3.8) is 0 Å². The maximum Gasteiger partial charge on any atom is 0.112 e. The van der Waals surface area contributed by atoms with E-state index in [0.29, 0.717) is 12.5 Å². The van der Waals surface area contributed by atoms with Crippen LogP contribution in [-0.4, -0.2) is 36.6 Å². The highest BCUT2D eigenvalue weighted by molar-refractivity contribution is 4.92. The normalized spacial score (nSPS) is 53.4. The zero-order valence-electron chi connectivity index (χ0n) is 5.99. The summed E-state index contributed by atoms with van der Waals surface area (Å²) >= 11 is 0. The Labute approximate surface area is 59.9 Å². The van der Waals surface area contributed by atoms with Crippen molar-refractivity contribution in [1.29, 1.82) is 0 Å². The molecule has 0 aromatic carbocycles. The molecule has 58 valence electrons. The molecule has 0 aromatic rings. The fraction of sp³-hybridized carbons (Fsp3) is 1.00. The van der Waals surface area contributed by atoms with E-state index in [0.717, 1.165) is 6.61 Å². The first-order chi connectivity index (χ1) is 4.79. The second kappa shape index (κ2) is 2.19. The highest BCUT2D eigenvalue weighted by Crippen LogP contribution is 2.30. The Balaban J connectivity index is 2.09. The third-order valence-corrected chi connectivity index (χ3v) is 2.27. The molecule has 0 radical (unpaired) electrons. The fourth-order valence-electron chi connectivity index (χ4n) is 1.67. The van der Waals surface area contributed by atoms with Gasteiger partial charge in [0.05, 0.1) is 19.3 Å². The van der Waals surface area contributed by atoms with Gasteiger partial charge in [-0.2, -0.15) is 0 Å². The van der Waals surface area contributed by atoms with Gasteiger partial charge in [0.2, 0.25) is 0 Å². The number of hydrogen-bond acceptors (Lipinski definition) is 3. The number of aliphatic hydroxyl groups is 1. The highest BCUT2D eigenvalue weighted by Gasteiger charge is 2.44. The molecule has 2 fully saturated rings. The maximum absolute atomic E-state index is 9.27. The summed E-state index contributed by atoms with van der Waals surface area (Å²) in [4.78, 5) is 0. The third kappa shape index (κ3) is 0.779. The van der Waals surface area contributed by atoms with Crippen LogP contribution in [0.3, 0.4) is 0 Å². The lowest BCUT2D eigenvalue weighted by atomic mass is 10.0. The standard InChI is InChI=1S/C7H12O3/c1-4-2-9-7-5(8)3-10-6(4)7/h4-8H,2-3H2,1H3/t4-,5-,6?,7?/m1/s1. The Hall–Kier alpha value is -0.120. The zero-order valence-corrected chi connectivity index (χ0v) is 5.99. The lowest BCUT2D eigenvalue weighted by Gasteiger charge is -2.10. The van der Waals surface area contributed by atoms with Crippen LogP contribution >= 0.6 is 0 Å². The average molecular weight is 144 g/mol. The molecule has 0 spiro atoms. The van der Waals surface area contributed by atoms with Gasteiger partial charge in [-0.15, -0.1) is 0 Å². The van der Waals surface area contributed by atoms with Gasteiger partial charge < -0.3 is 14.6 Å². The molecule has 4 atom stereocenters. The number of rotatable bonds is 0. The minimum atomic E-state index is -0.394. The van der Waals surface area contributed by atoms with Crippen molar-refractivity contribution in [1.82, 2.24) is 0 Å². The van der Waals surface area contributed by atoms with Crippen molar-refractivity contribution < 1.29 is 14.6 Å². The Kier molecular flexibility index (Phi) is 1.44. The lowest BCUT2D eigenvalue weighted by Crippen LogP contribution is -2.28. The van der Waals surface area contributed by atoms with Crippen LogP contribution in [0.2, 0.25) is 0 Å². The lowest BCUT2D eigenvalue weighted by molar-refractivity contribution is 0.0173. The van der Waals surface area contributed by atoms with Crippen molar-refractivity contribution in [2.45, 2.75) is 25.2 Å². The predicted molar refractivity (Wildman–Crippen MR) is 34.7 cm³/mol. The molecule has 2 aliphatic heterocycles. The molecule has 0 amide bonds. The molecule has 0 aromatic heterocycles. The molecule has 2 saturated heterocycles. The molecule has 0 aliphatic carbocycles. The first kappa shape index (κ1) is 6.58. The summed E-state index contributed by atoms with van der Waals surface area (Å²) in [6.45, 7) is 3.26. The van der Waals surface area contributed by atoms with E-state index < -0.39 is 6.10 Å². The number of aliphatic hydroxyl groups excluding tert-OH is 1. The number of fused-ring (bicyclic) bond motifs is 1. The van der Waals surface area contributed by atoms with Crippen molar-refractivity contribution in [3.05, 3.63) is 0 Å². The van der Waals surface area contributed by atoms with Crippen molar-refractivity contribution in [3.8, 4) is 0 Å². The van der Waals surface area contributed by atoms with E-state index in [1.54, 1.807) is 0 Å². The summed E-state index contributed by atoms with van der Waals surface area (Å²) in [5.41, 5.74) is 0. The van der Waals surface area contributed by atoms with Gasteiger partial charge in [0.1, 0.15) is 12.2 Å². The monoisotopic (exact) mass is 144 g/mol. The molecule has 0 saturated carbocycles. The number of ether oxygens (including phenoxy) is 2. The van der Waals surface area contributed by atoms with E-state index >= 15 is 0 Å². The zero-order chi connectivity index (χ0) is 7.14. The van der Waals surface area contributed by atoms with Gasteiger partial charge in [-0.25, -0.2) is 0 Å². The van der Waals surface area contributed by atoms with E-state index in [1.165, 1.54) is 0 Å². The smallest absolute Gasteiger partial charge is 0.112 e. The quantitative estimate of drug-likeness (QED) is 0.511. The molecular formula is C7H12O3. The molecule has 2 unspecified atom stereocenters. The van der Waals surface area contributed by atoms with Crippen molar-refractivity contribution in [2.75, 3.05) is 13.2 Å². The van der Waals surface area contributed by atoms with Gasteiger partial charge in [-0.05, 0) is 0 Å². The van der Waals surface area contributed by atoms with Crippen LogP contribution in [-0.2, 0) is 9.47 Å². The van der Waals surface area contributed by atoms with Gasteiger partial charge in [-0.1, -0.05) is 6.92 Å². The summed E-state index contributed by atoms with van der Waals surface area (Å²) < 4.78 is 10.7. The van der Waals surface area contributed by atoms with Gasteiger partial charge in [0.25, 0.3) is 0 Å². The molecular weight excluding hydrogens is 132 g/mol. The van der Waals surface area contributed by atoms with Gasteiger partial charge >= 0.3 is 0 Å². The molecule has 3 heteroatoms. The first-order valence-electron chi connectivity index (χ1n) is 3.70. The molecule has 2 rings (SSSR count). The van der Waals surface area contributed by atoms with Crippen LogP contribution in [0.25, 0.3) is 0 Å². The van der Waals surface area contributed by atoms with Crippen LogP contribution in [0, 0.1) is 5.92 Å². The molecule has 0 bridgehead atoms. The average Bonchev–Trinajstić information content (AvgIpc) is 2.41. The van der Waals surface area contributed by atoms with E-state index in [-0.39, 0.29) is 12.2 Å². The van der Waals surface area contributed by atoms with Crippen molar-refractivity contribution in [2.24, 2.45) is 5.92 Å². The third-order valence-electron chi connectivity index (χ3n) is 2.27. The van der Waals surface area contributed by atoms with Crippen molar-refractivity contribution >= 4 is 0 Å². The minimum Gasteiger partial charge on any atom is -0.388 e. The van der Waals surface area contributed by atoms with Crippen LogP contribution in [0.1, 0.15) is 6.92 Å².